The summed E-state index contributed by atoms with van der Waals surface area (Å²) in [4.78, 5) is 13.6. The Morgan fingerprint density at radius 3 is 2.88 bits per heavy atom. The standard InChI is InChI=1S/C20H26N4O/c1-23-10-7-17(14-25-19-6-2-3-9-22-19)11-20(23)15-24(16-20)13-18-5-4-8-21-12-18/h2-6,8-9,12,17H,7,10-11,13-16H2,1H3. The van der Waals surface area contributed by atoms with Crippen LogP contribution in [0.15, 0.2) is 48.9 Å². The topological polar surface area (TPSA) is 41.5 Å². The van der Waals surface area contributed by atoms with Crippen molar-refractivity contribution in [1.29, 1.82) is 0 Å². The maximum atomic E-state index is 5.91. The highest BCUT2D eigenvalue weighted by Gasteiger charge is 2.49. The van der Waals surface area contributed by atoms with E-state index in [1.54, 1.807) is 6.20 Å². The minimum atomic E-state index is 0.318. The van der Waals surface area contributed by atoms with Crippen molar-refractivity contribution >= 4 is 0 Å². The van der Waals surface area contributed by atoms with E-state index in [1.807, 2.05) is 36.7 Å². The first-order valence-corrected chi connectivity index (χ1v) is 9.10. The second-order valence-electron chi connectivity index (χ2n) is 7.49. The molecule has 0 bridgehead atoms. The lowest BCUT2D eigenvalue weighted by Crippen LogP contribution is -2.71. The van der Waals surface area contributed by atoms with Gasteiger partial charge in [0.05, 0.1) is 6.61 Å². The van der Waals surface area contributed by atoms with Crippen molar-refractivity contribution in [3.05, 3.63) is 54.5 Å². The summed E-state index contributed by atoms with van der Waals surface area (Å²) in [5.74, 6) is 1.35. The first-order chi connectivity index (χ1) is 12.2. The van der Waals surface area contributed by atoms with Crippen LogP contribution < -0.4 is 4.74 Å². The lowest BCUT2D eigenvalue weighted by Gasteiger charge is -2.58. The molecule has 0 amide bonds. The molecule has 0 aliphatic carbocycles. The third kappa shape index (κ3) is 3.67. The van der Waals surface area contributed by atoms with Crippen LogP contribution in [0.1, 0.15) is 18.4 Å². The Balaban J connectivity index is 1.31. The number of ether oxygens (including phenoxy) is 1. The summed E-state index contributed by atoms with van der Waals surface area (Å²) in [6.07, 6.45) is 8.00. The highest BCUT2D eigenvalue weighted by atomic mass is 16.5. The molecule has 5 nitrogen and oxygen atoms in total. The van der Waals surface area contributed by atoms with Gasteiger partial charge >= 0.3 is 0 Å². The largest absolute Gasteiger partial charge is 0.477 e. The summed E-state index contributed by atoms with van der Waals surface area (Å²) in [6.45, 7) is 5.20. The number of piperidine rings is 1. The first kappa shape index (κ1) is 16.5. The van der Waals surface area contributed by atoms with Gasteiger partial charge in [0.1, 0.15) is 0 Å². The lowest BCUT2D eigenvalue weighted by atomic mass is 9.75. The van der Waals surface area contributed by atoms with Crippen molar-refractivity contribution in [3.63, 3.8) is 0 Å². The molecule has 1 spiro atoms. The summed E-state index contributed by atoms with van der Waals surface area (Å²) >= 11 is 0. The van der Waals surface area contributed by atoms with E-state index in [-0.39, 0.29) is 0 Å². The average Bonchev–Trinajstić information content (AvgIpc) is 2.63. The van der Waals surface area contributed by atoms with Crippen molar-refractivity contribution in [3.8, 4) is 5.88 Å². The van der Waals surface area contributed by atoms with E-state index in [0.717, 1.165) is 38.7 Å². The van der Waals surface area contributed by atoms with Crippen molar-refractivity contribution in [2.75, 3.05) is 33.3 Å². The third-order valence-corrected chi connectivity index (χ3v) is 5.62. The quantitative estimate of drug-likeness (QED) is 0.838. The Hall–Kier alpha value is -1.98. The van der Waals surface area contributed by atoms with Gasteiger partial charge in [-0.3, -0.25) is 14.8 Å². The number of hydrogen-bond acceptors (Lipinski definition) is 5. The average molecular weight is 338 g/mol. The predicted molar refractivity (Wildman–Crippen MR) is 97.3 cm³/mol. The molecule has 2 saturated heterocycles. The van der Waals surface area contributed by atoms with Crippen LogP contribution in [0.2, 0.25) is 0 Å². The molecule has 1 atom stereocenters. The van der Waals surface area contributed by atoms with E-state index < -0.39 is 0 Å². The van der Waals surface area contributed by atoms with Gasteiger partial charge in [-0.15, -0.1) is 0 Å². The smallest absolute Gasteiger partial charge is 0.213 e. The number of nitrogens with zero attached hydrogens (tertiary/aromatic N) is 4. The zero-order chi connectivity index (χ0) is 17.1. The van der Waals surface area contributed by atoms with Gasteiger partial charge in [0, 0.05) is 49.8 Å². The minimum absolute atomic E-state index is 0.318. The second-order valence-corrected chi connectivity index (χ2v) is 7.49. The van der Waals surface area contributed by atoms with Crippen molar-refractivity contribution < 1.29 is 4.74 Å². The molecule has 1 unspecified atom stereocenters. The van der Waals surface area contributed by atoms with Gasteiger partial charge in [-0.2, -0.15) is 0 Å². The van der Waals surface area contributed by atoms with Crippen molar-refractivity contribution in [1.82, 2.24) is 19.8 Å². The summed E-state index contributed by atoms with van der Waals surface area (Å²) in [7, 11) is 2.28. The highest BCUT2D eigenvalue weighted by molar-refractivity contribution is 5.13. The normalized spacial score (nSPS) is 23.3. The molecule has 0 saturated carbocycles. The van der Waals surface area contributed by atoms with Crippen LogP contribution in [0.5, 0.6) is 5.88 Å². The number of aromatic nitrogens is 2. The maximum Gasteiger partial charge on any atom is 0.213 e. The molecule has 5 heteroatoms. The fourth-order valence-corrected chi connectivity index (χ4v) is 4.20. The molecule has 2 aliphatic heterocycles. The molecular formula is C20H26N4O. The number of likely N-dealkylation sites (tertiary alicyclic amines) is 2. The SMILES string of the molecule is CN1CCC(COc2ccccn2)CC12CN(Cc1cccnc1)C2. The Kier molecular flexibility index (Phi) is 4.68. The van der Waals surface area contributed by atoms with Crippen LogP contribution in [-0.2, 0) is 6.54 Å². The Bertz CT molecular complexity index is 673. The van der Waals surface area contributed by atoms with E-state index in [4.69, 9.17) is 4.74 Å². The van der Waals surface area contributed by atoms with Crippen LogP contribution in [0.25, 0.3) is 0 Å². The van der Waals surface area contributed by atoms with Gasteiger partial charge < -0.3 is 4.74 Å². The zero-order valence-corrected chi connectivity index (χ0v) is 14.8. The molecule has 25 heavy (non-hydrogen) atoms. The molecule has 2 aliphatic rings. The fraction of sp³-hybridized carbons (Fsp3) is 0.500. The molecule has 2 aromatic rings. The Morgan fingerprint density at radius 2 is 2.12 bits per heavy atom. The van der Waals surface area contributed by atoms with Gasteiger partial charge in [0.2, 0.25) is 5.88 Å². The third-order valence-electron chi connectivity index (χ3n) is 5.62. The Labute approximate surface area is 149 Å². The predicted octanol–water partition coefficient (Wildman–Crippen LogP) is 2.45. The summed E-state index contributed by atoms with van der Waals surface area (Å²) in [6, 6.07) is 10.0. The van der Waals surface area contributed by atoms with Crippen LogP contribution in [0.4, 0.5) is 0 Å². The summed E-state index contributed by atoms with van der Waals surface area (Å²) < 4.78 is 5.91. The zero-order valence-electron chi connectivity index (χ0n) is 14.8. The van der Waals surface area contributed by atoms with E-state index in [0.29, 0.717) is 11.5 Å². The Morgan fingerprint density at radius 1 is 1.20 bits per heavy atom. The molecule has 0 radical (unpaired) electrons. The van der Waals surface area contributed by atoms with Crippen LogP contribution in [-0.4, -0.2) is 58.6 Å². The number of pyridine rings is 2. The molecule has 2 aromatic heterocycles. The maximum absolute atomic E-state index is 5.91. The van der Waals surface area contributed by atoms with E-state index in [2.05, 4.69) is 32.9 Å². The van der Waals surface area contributed by atoms with Crippen molar-refractivity contribution in [2.24, 2.45) is 5.92 Å². The lowest BCUT2D eigenvalue weighted by molar-refractivity contribution is -0.0875. The molecule has 0 N–H and O–H groups in total. The first-order valence-electron chi connectivity index (χ1n) is 9.10. The van der Waals surface area contributed by atoms with E-state index >= 15 is 0 Å². The van der Waals surface area contributed by atoms with E-state index in [1.165, 1.54) is 18.4 Å². The monoisotopic (exact) mass is 338 g/mol. The molecule has 132 valence electrons. The highest BCUT2D eigenvalue weighted by Crippen LogP contribution is 2.38. The molecule has 0 aromatic carbocycles. The van der Waals surface area contributed by atoms with E-state index in [9.17, 15) is 0 Å². The van der Waals surface area contributed by atoms with Gasteiger partial charge in [0.15, 0.2) is 0 Å². The van der Waals surface area contributed by atoms with Gasteiger partial charge in [-0.05, 0) is 50.0 Å². The van der Waals surface area contributed by atoms with Crippen LogP contribution in [0.3, 0.4) is 0 Å². The van der Waals surface area contributed by atoms with Gasteiger partial charge in [-0.25, -0.2) is 4.98 Å². The number of rotatable bonds is 5. The van der Waals surface area contributed by atoms with Gasteiger partial charge in [-0.1, -0.05) is 12.1 Å². The number of hydrogen-bond donors (Lipinski definition) is 0. The van der Waals surface area contributed by atoms with Gasteiger partial charge in [0.25, 0.3) is 0 Å². The minimum Gasteiger partial charge on any atom is -0.477 e. The van der Waals surface area contributed by atoms with Crippen LogP contribution in [0, 0.1) is 5.92 Å². The molecule has 4 rings (SSSR count). The number of likely N-dealkylation sites (N-methyl/N-ethyl adjacent to an activating group) is 1. The van der Waals surface area contributed by atoms with Crippen LogP contribution >= 0.6 is 0 Å². The molecule has 4 heterocycles. The summed E-state index contributed by atoms with van der Waals surface area (Å²) in [5.41, 5.74) is 1.62. The second kappa shape index (κ2) is 7.10. The fourth-order valence-electron chi connectivity index (χ4n) is 4.20. The summed E-state index contributed by atoms with van der Waals surface area (Å²) in [5, 5.41) is 0. The van der Waals surface area contributed by atoms with Crippen molar-refractivity contribution in [2.45, 2.75) is 24.9 Å². The molecule has 2 fully saturated rings. The molecular weight excluding hydrogens is 312 g/mol.